The van der Waals surface area contributed by atoms with Gasteiger partial charge in [0.2, 0.25) is 5.91 Å². The molecule has 0 radical (unpaired) electrons. The third-order valence-corrected chi connectivity index (χ3v) is 6.47. The van der Waals surface area contributed by atoms with Crippen LogP contribution in [0.25, 0.3) is 0 Å². The number of urea groups is 1. The summed E-state index contributed by atoms with van der Waals surface area (Å²) in [7, 11) is 0. The molecule has 4 rings (SSSR count). The Balaban J connectivity index is 1.42. The molecule has 1 N–H and O–H groups in total. The molecule has 0 saturated carbocycles. The van der Waals surface area contributed by atoms with Crippen molar-refractivity contribution in [2.75, 3.05) is 45.9 Å². The molecule has 3 aromatic rings. The van der Waals surface area contributed by atoms with Crippen molar-refractivity contribution in [1.29, 1.82) is 0 Å². The monoisotopic (exact) mass is 522 g/mol. The molecule has 202 valence electrons. The van der Waals surface area contributed by atoms with Crippen molar-refractivity contribution in [1.82, 2.24) is 20.0 Å². The van der Waals surface area contributed by atoms with E-state index in [-0.39, 0.29) is 37.4 Å². The Hall–Kier alpha value is -3.69. The summed E-state index contributed by atoms with van der Waals surface area (Å²) >= 11 is 0. The van der Waals surface area contributed by atoms with Crippen molar-refractivity contribution in [3.05, 3.63) is 95.7 Å². The van der Waals surface area contributed by atoms with Crippen LogP contribution in [0.5, 0.6) is 0 Å². The standard InChI is InChI=1S/C29H35FN4O4/c30-26-11-9-25(10-12-26)21-34(22-27-8-4-17-38-27)28(35)23-33(14-5-13-32-15-18-37-19-16-32)29(36)31-20-24-6-2-1-3-7-24/h1-4,6-12,17H,5,13-16,18-23H2,(H,31,36). The maximum absolute atomic E-state index is 13.6. The summed E-state index contributed by atoms with van der Waals surface area (Å²) in [6, 6.07) is 19.0. The van der Waals surface area contributed by atoms with Crippen LogP contribution < -0.4 is 5.32 Å². The number of nitrogens with one attached hydrogen (secondary N) is 1. The fourth-order valence-electron chi connectivity index (χ4n) is 4.34. The molecule has 1 aromatic heterocycles. The highest BCUT2D eigenvalue weighted by Crippen LogP contribution is 2.13. The Bertz CT molecular complexity index is 1120. The van der Waals surface area contributed by atoms with E-state index in [0.717, 1.165) is 37.2 Å². The zero-order valence-corrected chi connectivity index (χ0v) is 21.6. The lowest BCUT2D eigenvalue weighted by atomic mass is 10.2. The minimum atomic E-state index is -0.334. The topological polar surface area (TPSA) is 78.3 Å². The van der Waals surface area contributed by atoms with Gasteiger partial charge in [-0.1, -0.05) is 42.5 Å². The summed E-state index contributed by atoms with van der Waals surface area (Å²) in [5.41, 5.74) is 1.77. The first-order valence-electron chi connectivity index (χ1n) is 13.0. The van der Waals surface area contributed by atoms with Crippen molar-refractivity contribution in [3.63, 3.8) is 0 Å². The summed E-state index contributed by atoms with van der Waals surface area (Å²) in [6.45, 7) is 5.24. The second kappa shape index (κ2) is 14.3. The van der Waals surface area contributed by atoms with Crippen LogP contribution in [0.3, 0.4) is 0 Å². The van der Waals surface area contributed by atoms with Gasteiger partial charge in [-0.05, 0) is 41.8 Å². The lowest BCUT2D eigenvalue weighted by Gasteiger charge is -2.30. The van der Waals surface area contributed by atoms with Gasteiger partial charge in [-0.3, -0.25) is 9.69 Å². The van der Waals surface area contributed by atoms with E-state index in [2.05, 4.69) is 10.2 Å². The van der Waals surface area contributed by atoms with E-state index in [9.17, 15) is 14.0 Å². The molecule has 9 heteroatoms. The molecule has 1 aliphatic rings. The van der Waals surface area contributed by atoms with Crippen LogP contribution in [0.2, 0.25) is 0 Å². The molecular formula is C29H35FN4O4. The molecule has 0 spiro atoms. The number of hydrogen-bond donors (Lipinski definition) is 1. The number of carbonyl (C=O) groups is 2. The molecule has 8 nitrogen and oxygen atoms in total. The minimum Gasteiger partial charge on any atom is -0.467 e. The van der Waals surface area contributed by atoms with Crippen LogP contribution in [0, 0.1) is 5.82 Å². The third-order valence-electron chi connectivity index (χ3n) is 6.47. The quantitative estimate of drug-likeness (QED) is 0.391. The van der Waals surface area contributed by atoms with Crippen LogP contribution in [0.1, 0.15) is 23.3 Å². The first kappa shape index (κ1) is 27.3. The van der Waals surface area contributed by atoms with Crippen LogP contribution >= 0.6 is 0 Å². The average Bonchev–Trinajstić information content (AvgIpc) is 3.46. The van der Waals surface area contributed by atoms with Gasteiger partial charge in [0.05, 0.1) is 26.0 Å². The molecule has 2 heterocycles. The molecule has 0 aliphatic carbocycles. The Kier molecular flexibility index (Phi) is 10.3. The number of carbonyl (C=O) groups excluding carboxylic acids is 2. The van der Waals surface area contributed by atoms with Gasteiger partial charge in [0.25, 0.3) is 0 Å². The maximum atomic E-state index is 13.6. The van der Waals surface area contributed by atoms with Crippen molar-refractivity contribution in [2.45, 2.75) is 26.1 Å². The van der Waals surface area contributed by atoms with Crippen LogP contribution in [-0.4, -0.2) is 72.6 Å². The second-order valence-electron chi connectivity index (χ2n) is 9.33. The van der Waals surface area contributed by atoms with Gasteiger partial charge < -0.3 is 24.3 Å². The fourth-order valence-corrected chi connectivity index (χ4v) is 4.34. The van der Waals surface area contributed by atoms with Crippen molar-refractivity contribution in [2.24, 2.45) is 0 Å². The normalized spacial score (nSPS) is 13.7. The third kappa shape index (κ3) is 8.71. The molecular weight excluding hydrogens is 487 g/mol. The zero-order valence-electron chi connectivity index (χ0n) is 21.6. The van der Waals surface area contributed by atoms with Gasteiger partial charge in [0.1, 0.15) is 18.1 Å². The molecule has 1 saturated heterocycles. The summed E-state index contributed by atoms with van der Waals surface area (Å²) in [5.74, 6) is 0.0824. The SMILES string of the molecule is O=C(CN(CCCN1CCOCC1)C(=O)NCc1ccccc1)N(Cc1ccc(F)cc1)Cc1ccco1. The van der Waals surface area contributed by atoms with Gasteiger partial charge in [0, 0.05) is 39.3 Å². The summed E-state index contributed by atoms with van der Waals surface area (Å²) in [4.78, 5) is 32.3. The average molecular weight is 523 g/mol. The van der Waals surface area contributed by atoms with Crippen molar-refractivity contribution in [3.8, 4) is 0 Å². The van der Waals surface area contributed by atoms with E-state index in [1.165, 1.54) is 12.1 Å². The molecule has 2 aromatic carbocycles. The first-order valence-corrected chi connectivity index (χ1v) is 13.0. The van der Waals surface area contributed by atoms with E-state index in [1.54, 1.807) is 40.3 Å². The Labute approximate surface area is 223 Å². The number of hydrogen-bond acceptors (Lipinski definition) is 5. The molecule has 0 atom stereocenters. The highest BCUT2D eigenvalue weighted by Gasteiger charge is 2.23. The molecule has 3 amide bonds. The number of morpholine rings is 1. The summed E-state index contributed by atoms with van der Waals surface area (Å²) in [6.07, 6.45) is 2.30. The number of halogens is 1. The summed E-state index contributed by atoms with van der Waals surface area (Å²) < 4.78 is 24.3. The molecule has 1 fully saturated rings. The number of furan rings is 1. The Morgan fingerprint density at radius 1 is 0.895 bits per heavy atom. The van der Waals surface area contributed by atoms with Crippen LogP contribution in [0.15, 0.2) is 77.4 Å². The second-order valence-corrected chi connectivity index (χ2v) is 9.33. The molecule has 0 unspecified atom stereocenters. The highest BCUT2D eigenvalue weighted by atomic mass is 19.1. The lowest BCUT2D eigenvalue weighted by molar-refractivity contribution is -0.133. The van der Waals surface area contributed by atoms with Gasteiger partial charge in [-0.15, -0.1) is 0 Å². The first-order chi connectivity index (χ1) is 18.6. The van der Waals surface area contributed by atoms with Crippen LogP contribution in [0.4, 0.5) is 9.18 Å². The fraction of sp³-hybridized carbons (Fsp3) is 0.379. The van der Waals surface area contributed by atoms with Gasteiger partial charge in [0.15, 0.2) is 0 Å². The largest absolute Gasteiger partial charge is 0.467 e. The highest BCUT2D eigenvalue weighted by molar-refractivity contribution is 5.84. The van der Waals surface area contributed by atoms with Crippen molar-refractivity contribution < 1.29 is 23.1 Å². The van der Waals surface area contributed by atoms with E-state index in [4.69, 9.17) is 9.15 Å². The van der Waals surface area contributed by atoms with Gasteiger partial charge in [-0.25, -0.2) is 9.18 Å². The van der Waals surface area contributed by atoms with Gasteiger partial charge in [-0.2, -0.15) is 0 Å². The van der Waals surface area contributed by atoms with Crippen molar-refractivity contribution >= 4 is 11.9 Å². The van der Waals surface area contributed by atoms with Gasteiger partial charge >= 0.3 is 6.03 Å². The van der Waals surface area contributed by atoms with Crippen LogP contribution in [-0.2, 0) is 29.2 Å². The number of nitrogens with zero attached hydrogens (tertiary/aromatic N) is 3. The minimum absolute atomic E-state index is 0.0777. The zero-order chi connectivity index (χ0) is 26.6. The lowest BCUT2D eigenvalue weighted by Crippen LogP contribution is -2.47. The summed E-state index contributed by atoms with van der Waals surface area (Å²) in [5, 5.41) is 2.96. The van der Waals surface area contributed by atoms with E-state index in [1.807, 2.05) is 30.3 Å². The molecule has 0 bridgehead atoms. The predicted molar refractivity (Wildman–Crippen MR) is 141 cm³/mol. The number of amides is 3. The smallest absolute Gasteiger partial charge is 0.318 e. The number of ether oxygens (including phenoxy) is 1. The number of benzene rings is 2. The number of rotatable bonds is 12. The molecule has 38 heavy (non-hydrogen) atoms. The Morgan fingerprint density at radius 2 is 1.66 bits per heavy atom. The van der Waals surface area contributed by atoms with E-state index in [0.29, 0.717) is 32.1 Å². The van der Waals surface area contributed by atoms with E-state index >= 15 is 0 Å². The Morgan fingerprint density at radius 3 is 2.37 bits per heavy atom. The van der Waals surface area contributed by atoms with E-state index < -0.39 is 0 Å². The maximum Gasteiger partial charge on any atom is 0.318 e. The molecule has 1 aliphatic heterocycles. The predicted octanol–water partition coefficient (Wildman–Crippen LogP) is 3.88.